The highest BCUT2D eigenvalue weighted by Crippen LogP contribution is 2.17. The Labute approximate surface area is 134 Å². The lowest BCUT2D eigenvalue weighted by Crippen LogP contribution is -2.27. The van der Waals surface area contributed by atoms with Crippen molar-refractivity contribution in [2.45, 2.75) is 25.6 Å². The minimum atomic E-state index is -5.08. The second-order valence-electron chi connectivity index (χ2n) is 5.27. The predicted molar refractivity (Wildman–Crippen MR) is 75.4 cm³/mol. The number of carboxylic acids is 1. The summed E-state index contributed by atoms with van der Waals surface area (Å²) in [6, 6.07) is 5.58. The lowest BCUT2D eigenvalue weighted by Gasteiger charge is -2.17. The van der Waals surface area contributed by atoms with E-state index in [-0.39, 0.29) is 6.61 Å². The third kappa shape index (κ3) is 5.77. The molecule has 0 saturated carbocycles. The first kappa shape index (κ1) is 19.2. The second-order valence-corrected chi connectivity index (χ2v) is 5.27. The summed E-state index contributed by atoms with van der Waals surface area (Å²) in [7, 11) is 0. The maximum Gasteiger partial charge on any atom is 0.490 e. The van der Waals surface area contributed by atoms with E-state index in [4.69, 9.17) is 19.9 Å². The normalized spacial score (nSPS) is 11.4. The zero-order valence-electron chi connectivity index (χ0n) is 12.7. The van der Waals surface area contributed by atoms with Crippen LogP contribution in [0.3, 0.4) is 0 Å². The summed E-state index contributed by atoms with van der Waals surface area (Å²) in [5, 5.41) is 29.6. The molecule has 7 nitrogen and oxygen atoms in total. The number of rotatable bonds is 3. The van der Waals surface area contributed by atoms with Gasteiger partial charge in [0.05, 0.1) is 29.1 Å². The summed E-state index contributed by atoms with van der Waals surface area (Å²) in [5.41, 5.74) is 0.388. The van der Waals surface area contributed by atoms with Crippen LogP contribution in [-0.2, 0) is 4.79 Å². The van der Waals surface area contributed by atoms with Gasteiger partial charge in [-0.3, -0.25) is 0 Å². The largest absolute Gasteiger partial charge is 0.490 e. The number of halogens is 3. The number of hydrogen-bond donors (Lipinski definition) is 2. The summed E-state index contributed by atoms with van der Waals surface area (Å²) in [5.74, 6) is -2.15. The zero-order chi connectivity index (χ0) is 18.5. The monoisotopic (exact) mass is 345 g/mol. The Bertz CT molecular complexity index is 757. The minimum absolute atomic E-state index is 0.199. The van der Waals surface area contributed by atoms with E-state index >= 15 is 0 Å². The Morgan fingerprint density at radius 2 is 2.00 bits per heavy atom. The van der Waals surface area contributed by atoms with Crippen molar-refractivity contribution in [1.82, 2.24) is 9.61 Å². The fourth-order valence-corrected chi connectivity index (χ4v) is 1.40. The number of carbonyl (C=O) groups is 1. The van der Waals surface area contributed by atoms with Gasteiger partial charge in [-0.05, 0) is 26.0 Å². The Kier molecular flexibility index (Phi) is 5.76. The van der Waals surface area contributed by atoms with Crippen molar-refractivity contribution < 1.29 is 32.9 Å². The topological polar surface area (TPSA) is 108 Å². The molecule has 2 N–H and O–H groups in total. The SMILES string of the molecule is CC(C)(O)COc1ccc2c(C#N)cnn2c1.O=C(O)C(F)(F)F. The van der Waals surface area contributed by atoms with E-state index in [0.29, 0.717) is 11.3 Å². The van der Waals surface area contributed by atoms with Crippen LogP contribution >= 0.6 is 0 Å². The van der Waals surface area contributed by atoms with Gasteiger partial charge in [-0.2, -0.15) is 23.5 Å². The Hall–Kier alpha value is -2.80. The first-order valence-corrected chi connectivity index (χ1v) is 6.47. The van der Waals surface area contributed by atoms with Gasteiger partial charge in [0.15, 0.2) is 0 Å². The molecule has 2 rings (SSSR count). The van der Waals surface area contributed by atoms with Crippen LogP contribution in [0.1, 0.15) is 19.4 Å². The van der Waals surface area contributed by atoms with Crippen molar-refractivity contribution in [3.8, 4) is 11.8 Å². The highest BCUT2D eigenvalue weighted by atomic mass is 19.4. The maximum absolute atomic E-state index is 10.6. The molecule has 130 valence electrons. The first-order chi connectivity index (χ1) is 10.9. The maximum atomic E-state index is 10.6. The molecule has 0 spiro atoms. The highest BCUT2D eigenvalue weighted by molar-refractivity contribution is 5.73. The van der Waals surface area contributed by atoms with E-state index in [2.05, 4.69) is 11.2 Å². The molecule has 0 aliphatic rings. The van der Waals surface area contributed by atoms with Crippen LogP contribution in [0.25, 0.3) is 5.52 Å². The number of carboxylic acid groups (broad SMARTS) is 1. The molecule has 0 bridgehead atoms. The third-order valence-corrected chi connectivity index (χ3v) is 2.44. The van der Waals surface area contributed by atoms with Crippen LogP contribution in [0.5, 0.6) is 5.75 Å². The van der Waals surface area contributed by atoms with Crippen molar-refractivity contribution >= 4 is 11.5 Å². The molecule has 0 aliphatic carbocycles. The minimum Gasteiger partial charge on any atom is -0.489 e. The van der Waals surface area contributed by atoms with E-state index in [1.807, 2.05) is 0 Å². The number of aromatic nitrogens is 2. The quantitative estimate of drug-likeness (QED) is 0.881. The Morgan fingerprint density at radius 3 is 2.46 bits per heavy atom. The van der Waals surface area contributed by atoms with Gasteiger partial charge >= 0.3 is 12.1 Å². The van der Waals surface area contributed by atoms with Crippen LogP contribution in [0.4, 0.5) is 13.2 Å². The molecule has 0 amide bonds. The fraction of sp³-hybridized carbons (Fsp3) is 0.357. The number of ether oxygens (including phenoxy) is 1. The number of alkyl halides is 3. The summed E-state index contributed by atoms with van der Waals surface area (Å²) < 4.78 is 38.7. The standard InChI is InChI=1S/C12H13N3O2.C2HF3O2/c1-12(2,16)8-17-10-3-4-11-9(5-13)6-14-15(11)7-10;3-2(4,5)1(6)7/h3-4,6-7,16H,8H2,1-2H3;(H,6,7). The van der Waals surface area contributed by atoms with Crippen LogP contribution in [-0.4, -0.2) is 44.2 Å². The molecule has 0 unspecified atom stereocenters. The molecule has 0 aliphatic heterocycles. The molecule has 2 aromatic rings. The average molecular weight is 345 g/mol. The van der Waals surface area contributed by atoms with Crippen molar-refractivity contribution in [3.63, 3.8) is 0 Å². The summed E-state index contributed by atoms with van der Waals surface area (Å²) in [6.07, 6.45) is -1.89. The van der Waals surface area contributed by atoms with Gasteiger partial charge in [0.25, 0.3) is 0 Å². The van der Waals surface area contributed by atoms with E-state index < -0.39 is 17.7 Å². The number of fused-ring (bicyclic) bond motifs is 1. The van der Waals surface area contributed by atoms with Crippen molar-refractivity contribution in [2.24, 2.45) is 0 Å². The smallest absolute Gasteiger partial charge is 0.489 e. The van der Waals surface area contributed by atoms with Gasteiger partial charge < -0.3 is 14.9 Å². The van der Waals surface area contributed by atoms with Crippen molar-refractivity contribution in [1.29, 1.82) is 5.26 Å². The molecule has 2 heterocycles. The fourth-order valence-electron chi connectivity index (χ4n) is 1.40. The summed E-state index contributed by atoms with van der Waals surface area (Å²) in [6.45, 7) is 3.55. The molecule has 2 aromatic heterocycles. The molecule has 0 fully saturated rings. The van der Waals surface area contributed by atoms with Gasteiger partial charge in [0.1, 0.15) is 18.4 Å². The van der Waals surface area contributed by atoms with Gasteiger partial charge in [-0.15, -0.1) is 0 Å². The number of aliphatic carboxylic acids is 1. The zero-order valence-corrected chi connectivity index (χ0v) is 12.7. The summed E-state index contributed by atoms with van der Waals surface area (Å²) >= 11 is 0. The molecular weight excluding hydrogens is 331 g/mol. The second kappa shape index (κ2) is 7.18. The number of pyridine rings is 1. The van der Waals surface area contributed by atoms with Crippen molar-refractivity contribution in [2.75, 3.05) is 6.61 Å². The third-order valence-electron chi connectivity index (χ3n) is 2.44. The summed E-state index contributed by atoms with van der Waals surface area (Å²) in [4.78, 5) is 8.90. The van der Waals surface area contributed by atoms with E-state index in [1.165, 1.54) is 6.20 Å². The van der Waals surface area contributed by atoms with Gasteiger partial charge in [-0.1, -0.05) is 0 Å². The number of aliphatic hydroxyl groups is 1. The number of nitrogens with zero attached hydrogens (tertiary/aromatic N) is 3. The Balaban J connectivity index is 0.000000351. The van der Waals surface area contributed by atoms with Gasteiger partial charge in [0, 0.05) is 0 Å². The average Bonchev–Trinajstić information content (AvgIpc) is 2.86. The predicted octanol–water partition coefficient (Wildman–Crippen LogP) is 1.99. The molecule has 0 radical (unpaired) electrons. The van der Waals surface area contributed by atoms with Crippen LogP contribution < -0.4 is 4.74 Å². The van der Waals surface area contributed by atoms with E-state index in [1.54, 1.807) is 36.7 Å². The van der Waals surface area contributed by atoms with E-state index in [0.717, 1.165) is 5.52 Å². The lowest BCUT2D eigenvalue weighted by atomic mass is 10.2. The van der Waals surface area contributed by atoms with Crippen LogP contribution in [0, 0.1) is 11.3 Å². The Morgan fingerprint density at radius 1 is 1.42 bits per heavy atom. The van der Waals surface area contributed by atoms with Gasteiger partial charge in [0.2, 0.25) is 0 Å². The number of nitriles is 1. The van der Waals surface area contributed by atoms with Gasteiger partial charge in [-0.25, -0.2) is 9.31 Å². The first-order valence-electron chi connectivity index (χ1n) is 6.47. The molecule has 0 aromatic carbocycles. The molecule has 10 heteroatoms. The lowest BCUT2D eigenvalue weighted by molar-refractivity contribution is -0.192. The van der Waals surface area contributed by atoms with E-state index in [9.17, 15) is 18.3 Å². The molecule has 0 atom stereocenters. The van der Waals surface area contributed by atoms with Crippen LogP contribution in [0.15, 0.2) is 24.5 Å². The van der Waals surface area contributed by atoms with Crippen LogP contribution in [0.2, 0.25) is 0 Å². The van der Waals surface area contributed by atoms with Crippen molar-refractivity contribution in [3.05, 3.63) is 30.1 Å². The highest BCUT2D eigenvalue weighted by Gasteiger charge is 2.38. The number of hydrogen-bond acceptors (Lipinski definition) is 5. The molecule has 0 saturated heterocycles. The molecule has 24 heavy (non-hydrogen) atoms. The molecular formula is C14H14F3N3O4.